The molecule has 2 aromatic rings. The smallest absolute Gasteiger partial charge is 0.328 e. The number of alkyl halides is 3. The predicted molar refractivity (Wildman–Crippen MR) is 65.6 cm³/mol. The van der Waals surface area contributed by atoms with Gasteiger partial charge in [-0.3, -0.25) is 4.68 Å². The van der Waals surface area contributed by atoms with Gasteiger partial charge in [-0.1, -0.05) is 29.8 Å². The number of benzene rings is 1. The molecule has 2 rings (SSSR count). The number of rotatable bonds is 3. The maximum absolute atomic E-state index is 12.6. The van der Waals surface area contributed by atoms with Gasteiger partial charge in [-0.05, 0) is 12.5 Å². The first-order valence-corrected chi connectivity index (χ1v) is 5.80. The molecule has 0 aliphatic heterocycles. The molecule has 0 radical (unpaired) electrons. The van der Waals surface area contributed by atoms with Gasteiger partial charge in [-0.25, -0.2) is 0 Å². The standard InChI is InChI=1S/C13H14F3N3/c1-9-3-2-4-10(5-9)12(6-17)19-8-11(7-18-19)13(14,15)16/h2-5,7-8,12H,6,17H2,1H3. The Morgan fingerprint density at radius 2 is 2.11 bits per heavy atom. The third-order valence-electron chi connectivity index (χ3n) is 2.90. The van der Waals surface area contributed by atoms with Crippen LogP contribution in [0.2, 0.25) is 0 Å². The molecule has 3 nitrogen and oxygen atoms in total. The van der Waals surface area contributed by atoms with Gasteiger partial charge in [0.15, 0.2) is 0 Å². The molecule has 0 spiro atoms. The lowest BCUT2D eigenvalue weighted by molar-refractivity contribution is -0.137. The first-order valence-electron chi connectivity index (χ1n) is 5.80. The van der Waals surface area contributed by atoms with Crippen LogP contribution < -0.4 is 5.73 Å². The van der Waals surface area contributed by atoms with Crippen LogP contribution >= 0.6 is 0 Å². The third-order valence-corrected chi connectivity index (χ3v) is 2.90. The average Bonchev–Trinajstić information content (AvgIpc) is 2.79. The van der Waals surface area contributed by atoms with Crippen LogP contribution in [0, 0.1) is 6.92 Å². The Morgan fingerprint density at radius 3 is 2.63 bits per heavy atom. The minimum atomic E-state index is -4.38. The van der Waals surface area contributed by atoms with E-state index in [1.807, 2.05) is 31.2 Å². The molecule has 0 aliphatic rings. The Hall–Kier alpha value is -1.82. The zero-order chi connectivity index (χ0) is 14.0. The molecule has 19 heavy (non-hydrogen) atoms. The Balaban J connectivity index is 2.35. The number of hydrogen-bond acceptors (Lipinski definition) is 2. The van der Waals surface area contributed by atoms with Crippen molar-refractivity contribution in [3.63, 3.8) is 0 Å². The van der Waals surface area contributed by atoms with Crippen LogP contribution in [0.25, 0.3) is 0 Å². The van der Waals surface area contributed by atoms with Crippen molar-refractivity contribution in [1.29, 1.82) is 0 Å². The Kier molecular flexibility index (Phi) is 3.61. The summed E-state index contributed by atoms with van der Waals surface area (Å²) >= 11 is 0. The highest BCUT2D eigenvalue weighted by molar-refractivity contribution is 5.26. The SMILES string of the molecule is Cc1cccc(C(CN)n2cc(C(F)(F)F)cn2)c1. The van der Waals surface area contributed by atoms with E-state index < -0.39 is 17.8 Å². The van der Waals surface area contributed by atoms with Gasteiger partial charge in [0.1, 0.15) is 0 Å². The second-order valence-electron chi connectivity index (χ2n) is 4.37. The van der Waals surface area contributed by atoms with Crippen molar-refractivity contribution in [2.45, 2.75) is 19.1 Å². The van der Waals surface area contributed by atoms with E-state index in [0.717, 1.165) is 23.5 Å². The molecule has 102 valence electrons. The molecule has 0 aliphatic carbocycles. The molecule has 1 aromatic carbocycles. The third kappa shape index (κ3) is 2.96. The summed E-state index contributed by atoms with van der Waals surface area (Å²) in [6, 6.07) is 7.10. The minimum Gasteiger partial charge on any atom is -0.328 e. The predicted octanol–water partition coefficient (Wildman–Crippen LogP) is 2.76. The van der Waals surface area contributed by atoms with E-state index in [0.29, 0.717) is 0 Å². The van der Waals surface area contributed by atoms with Gasteiger partial charge >= 0.3 is 6.18 Å². The van der Waals surface area contributed by atoms with Crippen molar-refractivity contribution >= 4 is 0 Å². The monoisotopic (exact) mass is 269 g/mol. The molecule has 0 saturated heterocycles. The first kappa shape index (κ1) is 13.6. The highest BCUT2D eigenvalue weighted by atomic mass is 19.4. The highest BCUT2D eigenvalue weighted by Gasteiger charge is 2.32. The lowest BCUT2D eigenvalue weighted by atomic mass is 10.0. The molecular formula is C13H14F3N3. The maximum atomic E-state index is 12.6. The summed E-state index contributed by atoms with van der Waals surface area (Å²) in [5.74, 6) is 0. The molecule has 2 N–H and O–H groups in total. The fourth-order valence-corrected chi connectivity index (χ4v) is 1.93. The second-order valence-corrected chi connectivity index (χ2v) is 4.37. The Morgan fingerprint density at radius 1 is 1.37 bits per heavy atom. The Labute approximate surface area is 108 Å². The van der Waals surface area contributed by atoms with Crippen LogP contribution in [0.15, 0.2) is 36.7 Å². The van der Waals surface area contributed by atoms with Crippen LogP contribution in [-0.4, -0.2) is 16.3 Å². The zero-order valence-corrected chi connectivity index (χ0v) is 10.4. The van der Waals surface area contributed by atoms with Crippen LogP contribution in [0.1, 0.15) is 22.7 Å². The molecule has 1 heterocycles. The molecular weight excluding hydrogens is 255 g/mol. The lowest BCUT2D eigenvalue weighted by Gasteiger charge is -2.16. The van der Waals surface area contributed by atoms with Gasteiger partial charge in [-0.2, -0.15) is 18.3 Å². The number of aryl methyl sites for hydroxylation is 1. The van der Waals surface area contributed by atoms with Crippen molar-refractivity contribution in [2.24, 2.45) is 5.73 Å². The number of halogens is 3. The zero-order valence-electron chi connectivity index (χ0n) is 10.4. The largest absolute Gasteiger partial charge is 0.419 e. The summed E-state index contributed by atoms with van der Waals surface area (Å²) in [5, 5.41) is 3.78. The fraction of sp³-hybridized carbons (Fsp3) is 0.308. The summed E-state index contributed by atoms with van der Waals surface area (Å²) in [7, 11) is 0. The number of nitrogens with zero attached hydrogens (tertiary/aromatic N) is 2. The summed E-state index contributed by atoms with van der Waals surface area (Å²) in [4.78, 5) is 0. The molecule has 0 saturated carbocycles. The maximum Gasteiger partial charge on any atom is 0.419 e. The molecule has 1 aromatic heterocycles. The molecule has 0 amide bonds. The number of hydrogen-bond donors (Lipinski definition) is 1. The fourth-order valence-electron chi connectivity index (χ4n) is 1.93. The van der Waals surface area contributed by atoms with Crippen molar-refractivity contribution in [3.8, 4) is 0 Å². The summed E-state index contributed by atoms with van der Waals surface area (Å²) in [6.45, 7) is 2.10. The lowest BCUT2D eigenvalue weighted by Crippen LogP contribution is -2.21. The summed E-state index contributed by atoms with van der Waals surface area (Å²) in [5.41, 5.74) is 6.77. The van der Waals surface area contributed by atoms with E-state index in [-0.39, 0.29) is 6.54 Å². The first-order chi connectivity index (χ1) is 8.91. The quantitative estimate of drug-likeness (QED) is 0.931. The van der Waals surface area contributed by atoms with Crippen molar-refractivity contribution in [3.05, 3.63) is 53.3 Å². The average molecular weight is 269 g/mol. The van der Waals surface area contributed by atoms with E-state index in [2.05, 4.69) is 5.10 Å². The van der Waals surface area contributed by atoms with Crippen molar-refractivity contribution < 1.29 is 13.2 Å². The van der Waals surface area contributed by atoms with Crippen LogP contribution in [0.3, 0.4) is 0 Å². The number of aromatic nitrogens is 2. The highest BCUT2D eigenvalue weighted by Crippen LogP contribution is 2.29. The van der Waals surface area contributed by atoms with Gasteiger partial charge in [0.2, 0.25) is 0 Å². The Bertz CT molecular complexity index is 560. The van der Waals surface area contributed by atoms with Gasteiger partial charge in [0, 0.05) is 12.7 Å². The van der Waals surface area contributed by atoms with Crippen LogP contribution in [0.5, 0.6) is 0 Å². The van der Waals surface area contributed by atoms with E-state index in [4.69, 9.17) is 5.73 Å². The van der Waals surface area contributed by atoms with Gasteiger partial charge in [0.05, 0.1) is 17.8 Å². The molecule has 1 atom stereocenters. The van der Waals surface area contributed by atoms with Gasteiger partial charge in [-0.15, -0.1) is 0 Å². The molecule has 1 unspecified atom stereocenters. The van der Waals surface area contributed by atoms with Gasteiger partial charge in [0.25, 0.3) is 0 Å². The van der Waals surface area contributed by atoms with Crippen molar-refractivity contribution in [2.75, 3.05) is 6.54 Å². The minimum absolute atomic E-state index is 0.183. The van der Waals surface area contributed by atoms with E-state index in [1.165, 1.54) is 4.68 Å². The second kappa shape index (κ2) is 5.05. The van der Waals surface area contributed by atoms with E-state index in [1.54, 1.807) is 0 Å². The van der Waals surface area contributed by atoms with Crippen molar-refractivity contribution in [1.82, 2.24) is 9.78 Å². The van der Waals surface area contributed by atoms with Crippen LogP contribution in [-0.2, 0) is 6.18 Å². The normalized spacial score (nSPS) is 13.5. The van der Waals surface area contributed by atoms with E-state index >= 15 is 0 Å². The molecule has 0 bridgehead atoms. The summed E-state index contributed by atoms with van der Waals surface area (Å²) < 4.78 is 38.9. The molecule has 0 fully saturated rings. The number of nitrogens with two attached hydrogens (primary N) is 1. The molecule has 6 heteroatoms. The summed E-state index contributed by atoms with van der Waals surface area (Å²) in [6.07, 6.45) is -2.58. The van der Waals surface area contributed by atoms with E-state index in [9.17, 15) is 13.2 Å². The topological polar surface area (TPSA) is 43.8 Å². The van der Waals surface area contributed by atoms with Gasteiger partial charge < -0.3 is 5.73 Å². The van der Waals surface area contributed by atoms with Crippen LogP contribution in [0.4, 0.5) is 13.2 Å².